The molecule has 0 atom stereocenters. The van der Waals surface area contributed by atoms with Gasteiger partial charge in [0.25, 0.3) is 0 Å². The second kappa shape index (κ2) is 5.63. The van der Waals surface area contributed by atoms with E-state index in [1.54, 1.807) is 0 Å². The number of hydrogen-bond donors (Lipinski definition) is 2. The predicted octanol–water partition coefficient (Wildman–Crippen LogP) is 0.212. The van der Waals surface area contributed by atoms with Gasteiger partial charge < -0.3 is 10.6 Å². The van der Waals surface area contributed by atoms with E-state index in [2.05, 4.69) is 19.6 Å². The molecule has 1 aliphatic carbocycles. The Kier molecular flexibility index (Phi) is 4.26. The Morgan fingerprint density at radius 1 is 1.30 bits per heavy atom. The smallest absolute Gasteiger partial charge is 0.243 e. The van der Waals surface area contributed by atoms with Crippen molar-refractivity contribution in [3.63, 3.8) is 0 Å². The predicted molar refractivity (Wildman–Crippen MR) is 76.5 cm³/mol. The first-order valence-corrected chi connectivity index (χ1v) is 8.09. The van der Waals surface area contributed by atoms with Crippen molar-refractivity contribution in [3.8, 4) is 0 Å². The highest BCUT2D eigenvalue weighted by atomic mass is 32.2. The molecule has 112 valence electrons. The Bertz CT molecular complexity index is 550. The second-order valence-electron chi connectivity index (χ2n) is 5.43. The highest BCUT2D eigenvalue weighted by molar-refractivity contribution is 7.89. The Morgan fingerprint density at radius 3 is 2.35 bits per heavy atom. The molecule has 1 aromatic heterocycles. The summed E-state index contributed by atoms with van der Waals surface area (Å²) in [7, 11) is 0.391. The lowest BCUT2D eigenvalue weighted by Crippen LogP contribution is -2.50. The van der Waals surface area contributed by atoms with Crippen molar-refractivity contribution >= 4 is 16.0 Å². The molecule has 1 heterocycles. The largest absolute Gasteiger partial charge is 0.368 e. The maximum atomic E-state index is 12.2. The van der Waals surface area contributed by atoms with Crippen LogP contribution >= 0.6 is 0 Å². The fourth-order valence-corrected chi connectivity index (χ4v) is 3.60. The fourth-order valence-electron chi connectivity index (χ4n) is 2.59. The molecule has 0 aromatic carbocycles. The van der Waals surface area contributed by atoms with E-state index in [-0.39, 0.29) is 16.4 Å². The third kappa shape index (κ3) is 3.08. The topological polar surface area (TPSA) is 101 Å². The molecule has 1 aliphatic rings. The van der Waals surface area contributed by atoms with Gasteiger partial charge in [-0.3, -0.25) is 0 Å². The summed E-state index contributed by atoms with van der Waals surface area (Å²) in [5.41, 5.74) is 5.26. The van der Waals surface area contributed by atoms with Crippen LogP contribution in [0.3, 0.4) is 0 Å². The molecular formula is C12H21N5O2S. The van der Waals surface area contributed by atoms with E-state index in [1.165, 1.54) is 12.4 Å². The molecule has 0 amide bonds. The molecule has 1 saturated carbocycles. The Morgan fingerprint density at radius 2 is 1.85 bits per heavy atom. The van der Waals surface area contributed by atoms with Crippen molar-refractivity contribution in [2.45, 2.75) is 36.1 Å². The lowest BCUT2D eigenvalue weighted by Gasteiger charge is -2.36. The second-order valence-corrected chi connectivity index (χ2v) is 7.19. The van der Waals surface area contributed by atoms with Crippen LogP contribution in [0.1, 0.15) is 25.7 Å². The van der Waals surface area contributed by atoms with Gasteiger partial charge in [-0.25, -0.2) is 23.1 Å². The standard InChI is InChI=1S/C12H21N5O2S/c1-17(2)12(5-3-4-6-12)9-16-20(18,19)10-7-14-11(13)15-8-10/h7-8,16H,3-6,9H2,1-2H3,(H2,13,14,15). The van der Waals surface area contributed by atoms with Crippen LogP contribution in [0.25, 0.3) is 0 Å². The lowest BCUT2D eigenvalue weighted by atomic mass is 9.97. The zero-order valence-electron chi connectivity index (χ0n) is 11.8. The highest BCUT2D eigenvalue weighted by Crippen LogP contribution is 2.33. The average Bonchev–Trinajstić information content (AvgIpc) is 2.87. The number of hydrogen-bond acceptors (Lipinski definition) is 6. The van der Waals surface area contributed by atoms with Crippen molar-refractivity contribution in [2.24, 2.45) is 0 Å². The molecule has 0 saturated heterocycles. The minimum atomic E-state index is -3.59. The molecule has 3 N–H and O–H groups in total. The number of nitrogens with zero attached hydrogens (tertiary/aromatic N) is 3. The van der Waals surface area contributed by atoms with Crippen LogP contribution in [-0.2, 0) is 10.0 Å². The number of aromatic nitrogens is 2. The number of anilines is 1. The zero-order valence-corrected chi connectivity index (χ0v) is 12.7. The maximum Gasteiger partial charge on any atom is 0.243 e. The quantitative estimate of drug-likeness (QED) is 0.806. The van der Waals surface area contributed by atoms with Crippen LogP contribution in [0.5, 0.6) is 0 Å². The number of likely N-dealkylation sites (N-methyl/N-ethyl adjacent to an activating group) is 1. The number of nitrogens with two attached hydrogens (primary N) is 1. The van der Waals surface area contributed by atoms with E-state index >= 15 is 0 Å². The third-order valence-corrected chi connectivity index (χ3v) is 5.39. The molecule has 2 rings (SSSR count). The number of rotatable bonds is 5. The Balaban J connectivity index is 2.11. The lowest BCUT2D eigenvalue weighted by molar-refractivity contribution is 0.162. The van der Waals surface area contributed by atoms with Crippen molar-refractivity contribution < 1.29 is 8.42 Å². The molecule has 8 heteroatoms. The van der Waals surface area contributed by atoms with Crippen LogP contribution in [0, 0.1) is 0 Å². The van der Waals surface area contributed by atoms with Crippen LogP contribution in [0.15, 0.2) is 17.3 Å². The molecule has 7 nitrogen and oxygen atoms in total. The Labute approximate surface area is 119 Å². The summed E-state index contributed by atoms with van der Waals surface area (Å²) in [5, 5.41) is 0. The van der Waals surface area contributed by atoms with Crippen LogP contribution < -0.4 is 10.5 Å². The van der Waals surface area contributed by atoms with Gasteiger partial charge in [0.2, 0.25) is 16.0 Å². The summed E-state index contributed by atoms with van der Waals surface area (Å²) in [6.07, 6.45) is 6.71. The number of nitrogen functional groups attached to an aromatic ring is 1. The first-order valence-electron chi connectivity index (χ1n) is 6.60. The van der Waals surface area contributed by atoms with E-state index < -0.39 is 10.0 Å². The van der Waals surface area contributed by atoms with Crippen LogP contribution in [0.4, 0.5) is 5.95 Å². The minimum absolute atomic E-state index is 0.0404. The summed E-state index contributed by atoms with van der Waals surface area (Å²) in [5.74, 6) is 0.0597. The molecule has 0 spiro atoms. The van der Waals surface area contributed by atoms with Crippen LogP contribution in [0.2, 0.25) is 0 Å². The van der Waals surface area contributed by atoms with Crippen molar-refractivity contribution in [1.29, 1.82) is 0 Å². The van der Waals surface area contributed by atoms with E-state index in [4.69, 9.17) is 5.73 Å². The molecular weight excluding hydrogens is 278 g/mol. The monoisotopic (exact) mass is 299 g/mol. The molecule has 20 heavy (non-hydrogen) atoms. The van der Waals surface area contributed by atoms with Gasteiger partial charge in [-0.1, -0.05) is 12.8 Å². The molecule has 0 aliphatic heterocycles. The zero-order chi connectivity index (χ0) is 14.8. The molecule has 0 bridgehead atoms. The number of sulfonamides is 1. The first-order chi connectivity index (χ1) is 9.36. The minimum Gasteiger partial charge on any atom is -0.368 e. The van der Waals surface area contributed by atoms with Gasteiger partial charge in [-0.2, -0.15) is 0 Å². The first kappa shape index (κ1) is 15.1. The summed E-state index contributed by atoms with van der Waals surface area (Å²) in [6.45, 7) is 0.396. The van der Waals surface area contributed by atoms with E-state index in [0.29, 0.717) is 6.54 Å². The van der Waals surface area contributed by atoms with E-state index in [1.807, 2.05) is 14.1 Å². The van der Waals surface area contributed by atoms with Gasteiger partial charge in [0.05, 0.1) is 12.4 Å². The third-order valence-electron chi connectivity index (χ3n) is 4.03. The summed E-state index contributed by atoms with van der Waals surface area (Å²) in [6, 6.07) is 0. The van der Waals surface area contributed by atoms with E-state index in [0.717, 1.165) is 25.7 Å². The number of nitrogens with one attached hydrogen (secondary N) is 1. The fraction of sp³-hybridized carbons (Fsp3) is 0.667. The average molecular weight is 299 g/mol. The van der Waals surface area contributed by atoms with Crippen LogP contribution in [-0.4, -0.2) is 49.5 Å². The summed E-state index contributed by atoms with van der Waals surface area (Å²) < 4.78 is 27.1. The normalized spacial score (nSPS) is 18.6. The maximum absolute atomic E-state index is 12.2. The van der Waals surface area contributed by atoms with Gasteiger partial charge >= 0.3 is 0 Å². The molecule has 1 fully saturated rings. The molecule has 0 unspecified atom stereocenters. The summed E-state index contributed by atoms with van der Waals surface area (Å²) >= 11 is 0. The van der Waals surface area contributed by atoms with Crippen molar-refractivity contribution in [1.82, 2.24) is 19.6 Å². The van der Waals surface area contributed by atoms with Gasteiger partial charge in [0, 0.05) is 12.1 Å². The van der Waals surface area contributed by atoms with Crippen molar-refractivity contribution in [3.05, 3.63) is 12.4 Å². The Hall–Kier alpha value is -1.25. The van der Waals surface area contributed by atoms with Gasteiger partial charge in [0.1, 0.15) is 4.90 Å². The summed E-state index contributed by atoms with van der Waals surface area (Å²) in [4.78, 5) is 9.58. The molecule has 1 aromatic rings. The highest BCUT2D eigenvalue weighted by Gasteiger charge is 2.37. The SMILES string of the molecule is CN(C)C1(CNS(=O)(=O)c2cnc(N)nc2)CCCC1. The van der Waals surface area contributed by atoms with Gasteiger partial charge in [-0.15, -0.1) is 0 Å². The van der Waals surface area contributed by atoms with Gasteiger partial charge in [-0.05, 0) is 26.9 Å². The van der Waals surface area contributed by atoms with Crippen molar-refractivity contribution in [2.75, 3.05) is 26.4 Å². The molecule has 0 radical (unpaired) electrons. The van der Waals surface area contributed by atoms with Gasteiger partial charge in [0.15, 0.2) is 0 Å². The van der Waals surface area contributed by atoms with E-state index in [9.17, 15) is 8.42 Å².